The van der Waals surface area contributed by atoms with Crippen LogP contribution < -0.4 is 10.1 Å². The Balaban J connectivity index is 2.40. The molecular weight excluding hydrogens is 284 g/mol. The monoisotopic (exact) mass is 296 g/mol. The quantitative estimate of drug-likeness (QED) is 0.847. The first kappa shape index (κ1) is 13.5. The molecule has 0 aliphatic rings. The molecule has 1 aromatic carbocycles. The van der Waals surface area contributed by atoms with Gasteiger partial charge in [-0.15, -0.1) is 0 Å². The number of rotatable bonds is 5. The van der Waals surface area contributed by atoms with Crippen LogP contribution >= 0.6 is 15.9 Å². The zero-order valence-corrected chi connectivity index (χ0v) is 11.1. The third kappa shape index (κ3) is 4.87. The molecule has 0 fully saturated rings. The van der Waals surface area contributed by atoms with E-state index in [1.165, 1.54) is 0 Å². The van der Waals surface area contributed by atoms with E-state index in [9.17, 15) is 4.79 Å². The average molecular weight is 297 g/mol. The number of halogens is 1. The molecule has 1 rings (SSSR count). The number of carbonyl (C=O) groups excluding carboxylic acids is 1. The molecule has 1 N–H and O–H groups in total. The van der Waals surface area contributed by atoms with E-state index < -0.39 is 0 Å². The van der Waals surface area contributed by atoms with Crippen LogP contribution in [0.3, 0.4) is 0 Å². The molecule has 0 saturated heterocycles. The Hall–Kier alpha value is -1.54. The molecule has 0 unspecified atom stereocenters. The van der Waals surface area contributed by atoms with Crippen molar-refractivity contribution in [2.24, 2.45) is 0 Å². The number of nitrogens with zero attached hydrogens (tertiary/aromatic N) is 1. The molecule has 5 heteroatoms. The fourth-order valence-electron chi connectivity index (χ4n) is 1.23. The first-order valence-electron chi connectivity index (χ1n) is 5.16. The van der Waals surface area contributed by atoms with Crippen LogP contribution in [0, 0.1) is 18.3 Å². The van der Waals surface area contributed by atoms with Crippen molar-refractivity contribution in [2.75, 3.05) is 13.2 Å². The van der Waals surface area contributed by atoms with Gasteiger partial charge in [0.2, 0.25) is 0 Å². The standard InChI is InChI=1S/C12H13BrN2O2/c1-9-7-10(13)3-4-11(9)17-8-12(16)15-6-2-5-14/h3-4,7H,2,6,8H2,1H3,(H,15,16). The Morgan fingerprint density at radius 1 is 1.59 bits per heavy atom. The van der Waals surface area contributed by atoms with Gasteiger partial charge in [-0.25, -0.2) is 0 Å². The van der Waals surface area contributed by atoms with Gasteiger partial charge in [-0.2, -0.15) is 5.26 Å². The van der Waals surface area contributed by atoms with Crippen molar-refractivity contribution in [3.8, 4) is 11.8 Å². The number of aryl methyl sites for hydroxylation is 1. The summed E-state index contributed by atoms with van der Waals surface area (Å²) in [6.45, 7) is 2.24. The third-order valence-corrected chi connectivity index (χ3v) is 2.55. The molecule has 17 heavy (non-hydrogen) atoms. The van der Waals surface area contributed by atoms with Crippen LogP contribution in [0.5, 0.6) is 5.75 Å². The summed E-state index contributed by atoms with van der Waals surface area (Å²) >= 11 is 3.35. The van der Waals surface area contributed by atoms with Crippen LogP contribution in [0.25, 0.3) is 0 Å². The van der Waals surface area contributed by atoms with E-state index in [0.29, 0.717) is 18.7 Å². The second-order valence-corrected chi connectivity index (χ2v) is 4.37. The van der Waals surface area contributed by atoms with Crippen LogP contribution in [0.1, 0.15) is 12.0 Å². The maximum Gasteiger partial charge on any atom is 0.257 e. The number of hydrogen-bond donors (Lipinski definition) is 1. The number of amides is 1. The molecule has 4 nitrogen and oxygen atoms in total. The van der Waals surface area contributed by atoms with Gasteiger partial charge in [0, 0.05) is 11.0 Å². The summed E-state index contributed by atoms with van der Waals surface area (Å²) in [5.74, 6) is 0.464. The minimum absolute atomic E-state index is 0.0338. The SMILES string of the molecule is Cc1cc(Br)ccc1OCC(=O)NCCC#N. The minimum atomic E-state index is -0.220. The predicted octanol–water partition coefficient (Wildman–Crippen LogP) is 2.17. The van der Waals surface area contributed by atoms with Crippen molar-refractivity contribution >= 4 is 21.8 Å². The lowest BCUT2D eigenvalue weighted by Gasteiger charge is -2.09. The fourth-order valence-corrected chi connectivity index (χ4v) is 1.70. The summed E-state index contributed by atoms with van der Waals surface area (Å²) in [7, 11) is 0. The molecule has 0 heterocycles. The Bertz CT molecular complexity index is 441. The minimum Gasteiger partial charge on any atom is -0.484 e. The molecular formula is C12H13BrN2O2. The normalized spacial score (nSPS) is 9.47. The molecule has 0 atom stereocenters. The molecule has 0 aliphatic carbocycles. The van der Waals surface area contributed by atoms with Crippen LogP contribution in [-0.2, 0) is 4.79 Å². The molecule has 0 aliphatic heterocycles. The second kappa shape index (κ2) is 6.92. The second-order valence-electron chi connectivity index (χ2n) is 3.46. The summed E-state index contributed by atoms with van der Waals surface area (Å²) in [6, 6.07) is 7.54. The number of ether oxygens (including phenoxy) is 1. The van der Waals surface area contributed by atoms with E-state index in [1.807, 2.05) is 31.2 Å². The lowest BCUT2D eigenvalue weighted by Crippen LogP contribution is -2.29. The van der Waals surface area contributed by atoms with Crippen molar-refractivity contribution in [3.63, 3.8) is 0 Å². The van der Waals surface area contributed by atoms with Crippen molar-refractivity contribution < 1.29 is 9.53 Å². The Kier molecular flexibility index (Phi) is 5.50. The van der Waals surface area contributed by atoms with Gasteiger partial charge in [-0.1, -0.05) is 15.9 Å². The van der Waals surface area contributed by atoms with E-state index in [1.54, 1.807) is 0 Å². The summed E-state index contributed by atoms with van der Waals surface area (Å²) in [5, 5.41) is 10.9. The number of carbonyl (C=O) groups is 1. The molecule has 0 aromatic heterocycles. The van der Waals surface area contributed by atoms with Crippen LogP contribution in [0.15, 0.2) is 22.7 Å². The maximum atomic E-state index is 11.3. The van der Waals surface area contributed by atoms with Crippen molar-refractivity contribution in [1.29, 1.82) is 5.26 Å². The summed E-state index contributed by atoms with van der Waals surface area (Å²) in [5.41, 5.74) is 0.962. The van der Waals surface area contributed by atoms with Gasteiger partial charge in [0.25, 0.3) is 5.91 Å². The Morgan fingerprint density at radius 2 is 2.35 bits per heavy atom. The van der Waals surface area contributed by atoms with Gasteiger partial charge in [0.1, 0.15) is 5.75 Å². The van der Waals surface area contributed by atoms with Gasteiger partial charge in [0.15, 0.2) is 6.61 Å². The zero-order chi connectivity index (χ0) is 12.7. The number of nitriles is 1. The van der Waals surface area contributed by atoms with Crippen molar-refractivity contribution in [1.82, 2.24) is 5.32 Å². The molecule has 0 spiro atoms. The molecule has 0 bridgehead atoms. The third-order valence-electron chi connectivity index (χ3n) is 2.05. The van der Waals surface area contributed by atoms with Gasteiger partial charge in [0.05, 0.1) is 12.5 Å². The first-order valence-corrected chi connectivity index (χ1v) is 5.95. The van der Waals surface area contributed by atoms with E-state index in [-0.39, 0.29) is 12.5 Å². The summed E-state index contributed by atoms with van der Waals surface area (Å²) < 4.78 is 6.34. The maximum absolute atomic E-state index is 11.3. The molecule has 0 radical (unpaired) electrons. The van der Waals surface area contributed by atoms with Crippen molar-refractivity contribution in [3.05, 3.63) is 28.2 Å². The predicted molar refractivity (Wildman–Crippen MR) is 67.6 cm³/mol. The first-order chi connectivity index (χ1) is 8.13. The van der Waals surface area contributed by atoms with E-state index >= 15 is 0 Å². The topological polar surface area (TPSA) is 62.1 Å². The largest absolute Gasteiger partial charge is 0.484 e. The number of benzene rings is 1. The Morgan fingerprint density at radius 3 is 3.00 bits per heavy atom. The van der Waals surface area contributed by atoms with Gasteiger partial charge in [-0.3, -0.25) is 4.79 Å². The van der Waals surface area contributed by atoms with Crippen LogP contribution in [-0.4, -0.2) is 19.1 Å². The molecule has 1 amide bonds. The molecule has 1 aromatic rings. The zero-order valence-electron chi connectivity index (χ0n) is 9.50. The summed E-state index contributed by atoms with van der Waals surface area (Å²) in [4.78, 5) is 11.3. The van der Waals surface area contributed by atoms with Crippen molar-refractivity contribution in [2.45, 2.75) is 13.3 Å². The summed E-state index contributed by atoms with van der Waals surface area (Å²) in [6.07, 6.45) is 0.309. The van der Waals surface area contributed by atoms with Crippen LogP contribution in [0.2, 0.25) is 0 Å². The van der Waals surface area contributed by atoms with E-state index in [0.717, 1.165) is 10.0 Å². The highest BCUT2D eigenvalue weighted by molar-refractivity contribution is 9.10. The highest BCUT2D eigenvalue weighted by Gasteiger charge is 2.04. The lowest BCUT2D eigenvalue weighted by molar-refractivity contribution is -0.123. The highest BCUT2D eigenvalue weighted by Crippen LogP contribution is 2.21. The number of nitrogens with one attached hydrogen (secondary N) is 1. The molecule has 0 saturated carbocycles. The number of hydrogen-bond acceptors (Lipinski definition) is 3. The van der Waals surface area contributed by atoms with Gasteiger partial charge in [-0.05, 0) is 30.7 Å². The van der Waals surface area contributed by atoms with E-state index in [2.05, 4.69) is 21.2 Å². The molecule has 90 valence electrons. The average Bonchev–Trinajstić information content (AvgIpc) is 2.28. The highest BCUT2D eigenvalue weighted by atomic mass is 79.9. The Labute approximate surface area is 109 Å². The van der Waals surface area contributed by atoms with Crippen LogP contribution in [0.4, 0.5) is 0 Å². The van der Waals surface area contributed by atoms with E-state index in [4.69, 9.17) is 10.00 Å². The smallest absolute Gasteiger partial charge is 0.257 e. The lowest BCUT2D eigenvalue weighted by atomic mass is 10.2. The van der Waals surface area contributed by atoms with Gasteiger partial charge < -0.3 is 10.1 Å². The fraction of sp³-hybridized carbons (Fsp3) is 0.333. The van der Waals surface area contributed by atoms with Gasteiger partial charge >= 0.3 is 0 Å².